The van der Waals surface area contributed by atoms with Gasteiger partial charge in [0.1, 0.15) is 11.6 Å². The fraction of sp³-hybridized carbons (Fsp3) is 0.382. The summed E-state index contributed by atoms with van der Waals surface area (Å²) in [4.78, 5) is 7.86. The average molecular weight is 510 g/mol. The maximum atomic E-state index is 5.89. The minimum Gasteiger partial charge on any atom is -0.494 e. The number of benzene rings is 3. The van der Waals surface area contributed by atoms with Crippen molar-refractivity contribution in [2.45, 2.75) is 72.5 Å². The Morgan fingerprint density at radius 1 is 0.711 bits per heavy atom. The van der Waals surface area contributed by atoms with Crippen LogP contribution in [0.25, 0.3) is 22.6 Å². The normalized spacial score (nSPS) is 11.3. The number of hydrogen-bond acceptors (Lipinski definition) is 3. The zero-order valence-corrected chi connectivity index (χ0v) is 23.4. The molecule has 38 heavy (non-hydrogen) atoms. The minimum absolute atomic E-state index is 0.784. The van der Waals surface area contributed by atoms with Gasteiger partial charge in [-0.15, -0.1) is 0 Å². The highest BCUT2D eigenvalue weighted by molar-refractivity contribution is 5.68. The van der Waals surface area contributed by atoms with Gasteiger partial charge in [-0.2, -0.15) is 0 Å². The van der Waals surface area contributed by atoms with Gasteiger partial charge >= 0.3 is 0 Å². The summed E-state index contributed by atoms with van der Waals surface area (Å²) < 4.78 is 8.35. The average Bonchev–Trinajstić information content (AvgIpc) is 3.31. The van der Waals surface area contributed by atoms with E-state index in [-0.39, 0.29) is 0 Å². The first-order valence-electron chi connectivity index (χ1n) is 14.4. The molecule has 0 aliphatic carbocycles. The van der Waals surface area contributed by atoms with Crippen LogP contribution >= 0.6 is 0 Å². The fourth-order valence-corrected chi connectivity index (χ4v) is 4.84. The summed E-state index contributed by atoms with van der Waals surface area (Å²) in [6.45, 7) is 11.3. The van der Waals surface area contributed by atoms with Crippen LogP contribution in [0.4, 0.5) is 0 Å². The molecule has 0 amide bonds. The summed E-state index contributed by atoms with van der Waals surface area (Å²) in [6, 6.07) is 30.0. The first-order valence-corrected chi connectivity index (χ1v) is 14.4. The fourth-order valence-electron chi connectivity index (χ4n) is 4.84. The van der Waals surface area contributed by atoms with Gasteiger partial charge in [0, 0.05) is 30.8 Å². The molecule has 4 aromatic rings. The SMILES string of the molecule is CCCCOc1ccc(CN(CCCC)Cc2c(-c3ccccc3)nc(-c3ccccc3)n2CCC)cc1. The lowest BCUT2D eigenvalue weighted by molar-refractivity contribution is 0.246. The summed E-state index contributed by atoms with van der Waals surface area (Å²) in [7, 11) is 0. The van der Waals surface area contributed by atoms with Gasteiger partial charge in [0.05, 0.1) is 18.0 Å². The quantitative estimate of drug-likeness (QED) is 0.150. The summed E-state index contributed by atoms with van der Waals surface area (Å²) in [6.07, 6.45) is 5.65. The van der Waals surface area contributed by atoms with E-state index in [9.17, 15) is 0 Å². The monoisotopic (exact) mass is 509 g/mol. The van der Waals surface area contributed by atoms with Crippen molar-refractivity contribution in [2.75, 3.05) is 13.2 Å². The highest BCUT2D eigenvalue weighted by Crippen LogP contribution is 2.31. The van der Waals surface area contributed by atoms with Crippen molar-refractivity contribution in [1.82, 2.24) is 14.5 Å². The van der Waals surface area contributed by atoms with E-state index in [0.29, 0.717) is 0 Å². The third-order valence-corrected chi connectivity index (χ3v) is 6.90. The molecule has 0 atom stereocenters. The molecule has 0 spiro atoms. The van der Waals surface area contributed by atoms with Crippen LogP contribution in [-0.2, 0) is 19.6 Å². The first-order chi connectivity index (χ1) is 18.7. The van der Waals surface area contributed by atoms with E-state index >= 15 is 0 Å². The Morgan fingerprint density at radius 2 is 1.37 bits per heavy atom. The molecule has 3 aromatic carbocycles. The van der Waals surface area contributed by atoms with Gasteiger partial charge < -0.3 is 9.30 Å². The first kappa shape index (κ1) is 27.7. The van der Waals surface area contributed by atoms with Gasteiger partial charge in [0.15, 0.2) is 0 Å². The van der Waals surface area contributed by atoms with E-state index in [1.165, 1.54) is 35.2 Å². The second-order valence-corrected chi connectivity index (χ2v) is 10.0. The summed E-state index contributed by atoms with van der Waals surface area (Å²) in [5.74, 6) is 2.02. The zero-order chi connectivity index (χ0) is 26.6. The maximum Gasteiger partial charge on any atom is 0.140 e. The van der Waals surface area contributed by atoms with Crippen molar-refractivity contribution in [2.24, 2.45) is 0 Å². The molecule has 200 valence electrons. The van der Waals surface area contributed by atoms with Gasteiger partial charge in [-0.25, -0.2) is 4.98 Å². The van der Waals surface area contributed by atoms with Crippen LogP contribution < -0.4 is 4.74 Å². The van der Waals surface area contributed by atoms with Crippen LogP contribution in [0, 0.1) is 0 Å². The van der Waals surface area contributed by atoms with Gasteiger partial charge in [0.2, 0.25) is 0 Å². The molecule has 1 aromatic heterocycles. The summed E-state index contributed by atoms with van der Waals surface area (Å²) in [5.41, 5.74) is 6.06. The molecule has 0 saturated carbocycles. The van der Waals surface area contributed by atoms with Gasteiger partial charge in [-0.3, -0.25) is 4.90 Å². The lowest BCUT2D eigenvalue weighted by Gasteiger charge is -2.24. The Bertz CT molecular complexity index is 1220. The van der Waals surface area contributed by atoms with E-state index in [1.807, 2.05) is 0 Å². The van der Waals surface area contributed by atoms with Crippen LogP contribution in [0.3, 0.4) is 0 Å². The molecule has 0 radical (unpaired) electrons. The van der Waals surface area contributed by atoms with Crippen LogP contribution in [-0.4, -0.2) is 27.6 Å². The van der Waals surface area contributed by atoms with Crippen LogP contribution in [0.5, 0.6) is 5.75 Å². The highest BCUT2D eigenvalue weighted by atomic mass is 16.5. The molecular weight excluding hydrogens is 466 g/mol. The van der Waals surface area contributed by atoms with Crippen LogP contribution in [0.1, 0.15) is 64.1 Å². The summed E-state index contributed by atoms with van der Waals surface area (Å²) >= 11 is 0. The van der Waals surface area contributed by atoms with E-state index in [2.05, 4.69) is 115 Å². The lowest BCUT2D eigenvalue weighted by atomic mass is 10.1. The summed E-state index contributed by atoms with van der Waals surface area (Å²) in [5, 5.41) is 0. The van der Waals surface area contributed by atoms with Crippen LogP contribution in [0.2, 0.25) is 0 Å². The van der Waals surface area contributed by atoms with Gasteiger partial charge in [-0.05, 0) is 43.5 Å². The molecule has 4 rings (SSSR count). The molecule has 0 aliphatic rings. The number of aromatic nitrogens is 2. The second kappa shape index (κ2) is 14.5. The molecule has 0 fully saturated rings. The van der Waals surface area contributed by atoms with Gasteiger partial charge in [0.25, 0.3) is 0 Å². The maximum absolute atomic E-state index is 5.89. The van der Waals surface area contributed by atoms with Crippen molar-refractivity contribution in [1.29, 1.82) is 0 Å². The Balaban J connectivity index is 1.67. The lowest BCUT2D eigenvalue weighted by Crippen LogP contribution is -2.26. The van der Waals surface area contributed by atoms with Gasteiger partial charge in [-0.1, -0.05) is 106 Å². The van der Waals surface area contributed by atoms with E-state index < -0.39 is 0 Å². The van der Waals surface area contributed by atoms with E-state index in [0.717, 1.165) is 69.3 Å². The van der Waals surface area contributed by atoms with E-state index in [1.54, 1.807) is 0 Å². The third-order valence-electron chi connectivity index (χ3n) is 6.90. The standard InChI is InChI=1S/C34H43N3O/c1-4-7-24-36(26-28-19-21-31(22-20-28)38-25-8-5-2)27-32-33(29-15-11-9-12-16-29)35-34(37(32)23-6-3)30-17-13-10-14-18-30/h9-22H,4-8,23-27H2,1-3H3. The Morgan fingerprint density at radius 3 is 2.00 bits per heavy atom. The predicted octanol–water partition coefficient (Wildman–Crippen LogP) is 8.61. The molecule has 0 saturated heterocycles. The molecule has 4 nitrogen and oxygen atoms in total. The molecule has 0 bridgehead atoms. The smallest absolute Gasteiger partial charge is 0.140 e. The zero-order valence-electron chi connectivity index (χ0n) is 23.4. The molecular formula is C34H43N3O. The molecule has 1 heterocycles. The molecule has 0 N–H and O–H groups in total. The van der Waals surface area contributed by atoms with Crippen molar-refractivity contribution >= 4 is 0 Å². The number of unbranched alkanes of at least 4 members (excludes halogenated alkanes) is 2. The van der Waals surface area contributed by atoms with Crippen molar-refractivity contribution < 1.29 is 4.74 Å². The Labute approximate surface area is 229 Å². The number of rotatable bonds is 15. The van der Waals surface area contributed by atoms with Crippen molar-refractivity contribution in [3.8, 4) is 28.4 Å². The molecule has 4 heteroatoms. The number of hydrogen-bond donors (Lipinski definition) is 0. The number of imidazole rings is 1. The number of ether oxygens (including phenoxy) is 1. The van der Waals surface area contributed by atoms with E-state index in [4.69, 9.17) is 9.72 Å². The third kappa shape index (κ3) is 7.35. The Hall–Kier alpha value is -3.37. The molecule has 0 unspecified atom stereocenters. The Kier molecular flexibility index (Phi) is 10.6. The second-order valence-electron chi connectivity index (χ2n) is 10.0. The largest absolute Gasteiger partial charge is 0.494 e. The van der Waals surface area contributed by atoms with Crippen molar-refractivity contribution in [3.63, 3.8) is 0 Å². The molecule has 0 aliphatic heterocycles. The topological polar surface area (TPSA) is 30.3 Å². The van der Waals surface area contributed by atoms with Crippen LogP contribution in [0.15, 0.2) is 84.9 Å². The minimum atomic E-state index is 0.784. The predicted molar refractivity (Wildman–Crippen MR) is 159 cm³/mol. The number of nitrogens with zero attached hydrogens (tertiary/aromatic N) is 3. The van der Waals surface area contributed by atoms with Crippen molar-refractivity contribution in [3.05, 3.63) is 96.2 Å². The highest BCUT2D eigenvalue weighted by Gasteiger charge is 2.21.